The number of nitrogens with zero attached hydrogens (tertiary/aromatic N) is 1. The highest BCUT2D eigenvalue weighted by Crippen LogP contribution is 2.43. The first-order valence-corrected chi connectivity index (χ1v) is 11.4. The molecule has 24 heavy (non-hydrogen) atoms. The predicted octanol–water partition coefficient (Wildman–Crippen LogP) is 4.34. The second-order valence-electron chi connectivity index (χ2n) is 5.38. The highest BCUT2D eigenvalue weighted by molar-refractivity contribution is 8.20. The van der Waals surface area contributed by atoms with Gasteiger partial charge in [-0.05, 0) is 22.4 Å². The lowest BCUT2D eigenvalue weighted by atomic mass is 10.1. The largest absolute Gasteiger partial charge is 0.274 e. The zero-order valence-corrected chi connectivity index (χ0v) is 15.5. The molecule has 0 saturated carbocycles. The van der Waals surface area contributed by atoms with Gasteiger partial charge >= 0.3 is 0 Å². The third kappa shape index (κ3) is 3.66. The van der Waals surface area contributed by atoms with Crippen LogP contribution in [0.3, 0.4) is 0 Å². The first kappa shape index (κ1) is 17.1. The summed E-state index contributed by atoms with van der Waals surface area (Å²) < 4.78 is 0. The van der Waals surface area contributed by atoms with Gasteiger partial charge in [-0.2, -0.15) is 16.6 Å². The van der Waals surface area contributed by atoms with Crippen LogP contribution in [0.4, 0.5) is 0 Å². The first-order chi connectivity index (χ1) is 11.7. The van der Waals surface area contributed by atoms with Crippen molar-refractivity contribution in [3.8, 4) is 6.07 Å². The Morgan fingerprint density at radius 3 is 2.04 bits per heavy atom. The molecule has 1 aromatic heterocycles. The topological polar surface area (TPSA) is 35.8 Å². The molecule has 2 aromatic carbocycles. The third-order valence-corrected chi connectivity index (χ3v) is 8.83. The number of hydrogen-bond acceptors (Lipinski definition) is 3. The molecular weight excluding hydrogens is 351 g/mol. The molecular formula is C19H17N2PS2. The van der Waals surface area contributed by atoms with Crippen LogP contribution in [0.15, 0.2) is 77.5 Å². The molecule has 1 atom stereocenters. The second-order valence-corrected chi connectivity index (χ2v) is 10.3. The van der Waals surface area contributed by atoms with Gasteiger partial charge in [0.2, 0.25) is 0 Å². The lowest BCUT2D eigenvalue weighted by Gasteiger charge is -2.29. The van der Waals surface area contributed by atoms with Gasteiger partial charge in [0, 0.05) is 10.6 Å². The van der Waals surface area contributed by atoms with E-state index in [-0.39, 0.29) is 6.04 Å². The summed E-state index contributed by atoms with van der Waals surface area (Å²) in [6.45, 7) is 0. The highest BCUT2D eigenvalue weighted by atomic mass is 32.4. The standard InChI is InChI=1S/C19H17N2PS2/c20-13-11-19(16-12-14-24-15-16)21-22(23,17-7-3-1-4-8-17)18-9-5-2-6-10-18/h1-10,12,14-15,19H,11H2,(H,21,23)/t19-/m0/s1. The Hall–Kier alpha value is -1.76. The summed E-state index contributed by atoms with van der Waals surface area (Å²) in [6.07, 6.45) is -1.82. The van der Waals surface area contributed by atoms with E-state index >= 15 is 0 Å². The van der Waals surface area contributed by atoms with Crippen LogP contribution in [0.5, 0.6) is 0 Å². The van der Waals surface area contributed by atoms with E-state index in [1.807, 2.05) is 41.8 Å². The van der Waals surface area contributed by atoms with Crippen molar-refractivity contribution in [2.45, 2.75) is 12.5 Å². The molecule has 0 aliphatic rings. The Kier molecular flexibility index (Phi) is 5.60. The van der Waals surface area contributed by atoms with Crippen molar-refractivity contribution < 1.29 is 0 Å². The van der Waals surface area contributed by atoms with Crippen LogP contribution < -0.4 is 15.7 Å². The molecule has 0 radical (unpaired) electrons. The fraction of sp³-hybridized carbons (Fsp3) is 0.105. The van der Waals surface area contributed by atoms with Gasteiger partial charge in [-0.25, -0.2) is 0 Å². The SMILES string of the molecule is N#CC[C@H](NP(=S)(c1ccccc1)c1ccccc1)c1ccsc1. The number of thiophene rings is 1. The summed E-state index contributed by atoms with van der Waals surface area (Å²) in [5.74, 6) is 0. The van der Waals surface area contributed by atoms with Crippen molar-refractivity contribution in [1.29, 1.82) is 5.26 Å². The van der Waals surface area contributed by atoms with Crippen LogP contribution in [0.2, 0.25) is 0 Å². The van der Waals surface area contributed by atoms with Crippen LogP contribution in [0, 0.1) is 11.3 Å². The molecule has 5 heteroatoms. The zero-order valence-electron chi connectivity index (χ0n) is 13.0. The molecule has 1 N–H and O–H groups in total. The maximum atomic E-state index is 9.27. The van der Waals surface area contributed by atoms with E-state index in [0.717, 1.165) is 16.2 Å². The van der Waals surface area contributed by atoms with E-state index < -0.39 is 6.19 Å². The Morgan fingerprint density at radius 1 is 1.00 bits per heavy atom. The Morgan fingerprint density at radius 2 is 1.58 bits per heavy atom. The van der Waals surface area contributed by atoms with Gasteiger partial charge in [0.25, 0.3) is 0 Å². The molecule has 1 heterocycles. The molecule has 0 aliphatic carbocycles. The average Bonchev–Trinajstić information content (AvgIpc) is 3.17. The minimum Gasteiger partial charge on any atom is -0.274 e. The van der Waals surface area contributed by atoms with Crippen LogP contribution in [-0.2, 0) is 11.8 Å². The van der Waals surface area contributed by atoms with Crippen LogP contribution in [0.25, 0.3) is 0 Å². The van der Waals surface area contributed by atoms with Crippen LogP contribution in [0.1, 0.15) is 18.0 Å². The second kappa shape index (κ2) is 7.88. The van der Waals surface area contributed by atoms with E-state index in [4.69, 9.17) is 11.8 Å². The molecule has 0 fully saturated rings. The fourth-order valence-electron chi connectivity index (χ4n) is 2.60. The molecule has 120 valence electrons. The predicted molar refractivity (Wildman–Crippen MR) is 107 cm³/mol. The monoisotopic (exact) mass is 368 g/mol. The number of benzene rings is 2. The molecule has 0 bridgehead atoms. The van der Waals surface area contributed by atoms with Crippen molar-refractivity contribution in [2.75, 3.05) is 0 Å². The smallest absolute Gasteiger partial charge is 0.0689 e. The van der Waals surface area contributed by atoms with Crippen molar-refractivity contribution in [3.05, 3.63) is 83.1 Å². The average molecular weight is 368 g/mol. The van der Waals surface area contributed by atoms with Gasteiger partial charge in [-0.3, -0.25) is 5.09 Å². The highest BCUT2D eigenvalue weighted by Gasteiger charge is 2.26. The summed E-state index contributed by atoms with van der Waals surface area (Å²) in [7, 11) is 0. The van der Waals surface area contributed by atoms with Gasteiger partial charge in [-0.1, -0.05) is 72.5 Å². The number of nitriles is 1. The van der Waals surface area contributed by atoms with E-state index in [9.17, 15) is 5.26 Å². The van der Waals surface area contributed by atoms with Gasteiger partial charge in [0.15, 0.2) is 0 Å². The van der Waals surface area contributed by atoms with E-state index in [1.54, 1.807) is 11.3 Å². The van der Waals surface area contributed by atoms with E-state index in [0.29, 0.717) is 6.42 Å². The fourth-order valence-corrected chi connectivity index (χ4v) is 6.88. The Labute approximate surface area is 151 Å². The number of rotatable bonds is 6. The molecule has 2 nitrogen and oxygen atoms in total. The van der Waals surface area contributed by atoms with Crippen LogP contribution in [-0.4, -0.2) is 0 Å². The maximum absolute atomic E-state index is 9.27. The summed E-state index contributed by atoms with van der Waals surface area (Å²) in [4.78, 5) is 0. The third-order valence-electron chi connectivity index (χ3n) is 3.82. The lowest BCUT2D eigenvalue weighted by Crippen LogP contribution is -2.30. The minimum absolute atomic E-state index is 0.0625. The van der Waals surface area contributed by atoms with Gasteiger partial charge in [0.1, 0.15) is 0 Å². The maximum Gasteiger partial charge on any atom is 0.0689 e. The molecule has 0 amide bonds. The van der Waals surface area contributed by atoms with Crippen molar-refractivity contribution >= 4 is 39.9 Å². The van der Waals surface area contributed by atoms with Crippen LogP contribution >= 0.6 is 17.5 Å². The minimum atomic E-state index is -2.21. The quantitative estimate of drug-likeness (QED) is 0.658. The molecule has 3 aromatic rings. The Balaban J connectivity index is 2.06. The zero-order chi connectivity index (χ0) is 16.8. The number of nitrogens with one attached hydrogen (secondary N) is 1. The van der Waals surface area contributed by atoms with Crippen molar-refractivity contribution in [2.24, 2.45) is 0 Å². The van der Waals surface area contributed by atoms with E-state index in [2.05, 4.69) is 46.9 Å². The van der Waals surface area contributed by atoms with Gasteiger partial charge < -0.3 is 0 Å². The summed E-state index contributed by atoms with van der Waals surface area (Å²) >= 11 is 7.83. The summed E-state index contributed by atoms with van der Waals surface area (Å²) in [6, 6.07) is 24.7. The van der Waals surface area contributed by atoms with Gasteiger partial charge in [-0.15, -0.1) is 0 Å². The lowest BCUT2D eigenvalue weighted by molar-refractivity contribution is 0.692. The summed E-state index contributed by atoms with van der Waals surface area (Å²) in [5.41, 5.74) is 1.13. The van der Waals surface area contributed by atoms with Crippen molar-refractivity contribution in [1.82, 2.24) is 5.09 Å². The molecule has 0 spiro atoms. The van der Waals surface area contributed by atoms with E-state index in [1.165, 1.54) is 0 Å². The normalized spacial score (nSPS) is 12.5. The molecule has 0 aliphatic heterocycles. The van der Waals surface area contributed by atoms with Crippen molar-refractivity contribution in [3.63, 3.8) is 0 Å². The molecule has 0 saturated heterocycles. The molecule has 0 unspecified atom stereocenters. The van der Waals surface area contributed by atoms with Gasteiger partial charge in [0.05, 0.1) is 24.7 Å². The Bertz CT molecular complexity index is 812. The number of hydrogen-bond donors (Lipinski definition) is 1. The molecule has 3 rings (SSSR count). The first-order valence-electron chi connectivity index (χ1n) is 7.62. The summed E-state index contributed by atoms with van der Waals surface area (Å²) in [5, 5.41) is 19.3.